The Morgan fingerprint density at radius 1 is 0.949 bits per heavy atom. The van der Waals surface area contributed by atoms with E-state index in [4.69, 9.17) is 11.5 Å². The van der Waals surface area contributed by atoms with Gasteiger partial charge in [-0.25, -0.2) is 0 Å². The molecule has 0 fully saturated rings. The van der Waals surface area contributed by atoms with E-state index in [1.165, 1.54) is 4.90 Å². The Morgan fingerprint density at radius 3 is 2.00 bits per heavy atom. The molecule has 2 atom stereocenters. The number of hydrazone groups is 1. The van der Waals surface area contributed by atoms with Gasteiger partial charge in [0.15, 0.2) is 0 Å². The van der Waals surface area contributed by atoms with E-state index in [1.807, 2.05) is 77.5 Å². The standard InChI is InChI=1S/C28H30AsN5O5/c29-26(32-34(38)39)22(30)15-16-23(27(31)36)33(18-17-19-9-7-8-14-24(19)35)28(37)25(20-10-3-1-4-11-20)21-12-5-2-6-13-21/h1-14,22-23,25,35H,15-18,30H2,(H2,31,36)/t22?,23-/m0/s1. The second-order valence-electron chi connectivity index (χ2n) is 8.96. The van der Waals surface area contributed by atoms with E-state index in [2.05, 4.69) is 5.10 Å². The number of para-hydroxylation sites is 1. The van der Waals surface area contributed by atoms with E-state index in [0.29, 0.717) is 5.56 Å². The van der Waals surface area contributed by atoms with Gasteiger partial charge in [0.25, 0.3) is 0 Å². The Kier molecular flexibility index (Phi) is 10.8. The second kappa shape index (κ2) is 14.2. The van der Waals surface area contributed by atoms with E-state index in [0.717, 1.165) is 11.1 Å². The van der Waals surface area contributed by atoms with Crippen LogP contribution in [-0.4, -0.2) is 66.8 Å². The van der Waals surface area contributed by atoms with Crippen molar-refractivity contribution < 1.29 is 19.7 Å². The molecule has 11 heteroatoms. The van der Waals surface area contributed by atoms with Crippen molar-refractivity contribution in [3.63, 3.8) is 0 Å². The normalized spacial score (nSPS) is 13.1. The Balaban J connectivity index is 2.00. The number of amides is 2. The predicted molar refractivity (Wildman–Crippen MR) is 149 cm³/mol. The van der Waals surface area contributed by atoms with Crippen LogP contribution in [0.25, 0.3) is 0 Å². The summed E-state index contributed by atoms with van der Waals surface area (Å²) in [6.07, 6.45) is 0.452. The van der Waals surface area contributed by atoms with Gasteiger partial charge in [-0.1, -0.05) is 0 Å². The van der Waals surface area contributed by atoms with Gasteiger partial charge < -0.3 is 0 Å². The first-order valence-electron chi connectivity index (χ1n) is 12.3. The number of nitrogens with two attached hydrogens (primary N) is 2. The Morgan fingerprint density at radius 2 is 1.49 bits per heavy atom. The third-order valence-electron chi connectivity index (χ3n) is 6.38. The number of hydrogen-bond donors (Lipinski definition) is 3. The van der Waals surface area contributed by atoms with Gasteiger partial charge >= 0.3 is 236 Å². The van der Waals surface area contributed by atoms with Gasteiger partial charge in [-0.05, 0) is 0 Å². The number of phenolic OH excluding ortho intramolecular Hbond substituents is 1. The summed E-state index contributed by atoms with van der Waals surface area (Å²) in [6.45, 7) is 0.0907. The number of nitro groups is 1. The zero-order valence-corrected chi connectivity index (χ0v) is 23.0. The van der Waals surface area contributed by atoms with Crippen LogP contribution in [0.5, 0.6) is 5.75 Å². The van der Waals surface area contributed by atoms with Crippen LogP contribution < -0.4 is 11.5 Å². The van der Waals surface area contributed by atoms with Crippen molar-refractivity contribution in [1.29, 1.82) is 0 Å². The molecule has 0 aliphatic rings. The molecule has 0 saturated carbocycles. The zero-order valence-electron chi connectivity index (χ0n) is 21.2. The summed E-state index contributed by atoms with van der Waals surface area (Å²) in [5, 5.41) is 23.5. The van der Waals surface area contributed by atoms with Gasteiger partial charge in [-0.3, -0.25) is 0 Å². The molecular weight excluding hydrogens is 561 g/mol. The molecular formula is C28H30AsN5O5. The van der Waals surface area contributed by atoms with E-state index in [1.54, 1.807) is 24.3 Å². The molecule has 1 unspecified atom stereocenters. The van der Waals surface area contributed by atoms with Gasteiger partial charge in [-0.15, -0.1) is 0 Å². The fourth-order valence-corrected chi connectivity index (χ4v) is 4.82. The monoisotopic (exact) mass is 591 g/mol. The molecule has 39 heavy (non-hydrogen) atoms. The molecule has 10 nitrogen and oxygen atoms in total. The molecule has 0 aliphatic carbocycles. The third-order valence-corrected chi connectivity index (χ3v) is 7.26. The molecule has 0 spiro atoms. The van der Waals surface area contributed by atoms with Gasteiger partial charge in [0.2, 0.25) is 0 Å². The summed E-state index contributed by atoms with van der Waals surface area (Å²) in [5.74, 6) is -1.71. The number of hydrogen-bond acceptors (Lipinski definition) is 6. The number of aromatic hydroxyl groups is 1. The van der Waals surface area contributed by atoms with Crippen molar-refractivity contribution in [3.05, 3.63) is 112 Å². The molecule has 202 valence electrons. The number of carbonyl (C=O) groups excluding carboxylic acids is 2. The Bertz CT molecular complexity index is 1270. The first-order chi connectivity index (χ1) is 18.7. The molecule has 3 aromatic rings. The van der Waals surface area contributed by atoms with Crippen molar-refractivity contribution in [2.24, 2.45) is 16.6 Å². The fraction of sp³-hybridized carbons (Fsp3) is 0.250. The van der Waals surface area contributed by atoms with E-state index in [-0.39, 0.29) is 42.0 Å². The topological polar surface area (TPSA) is 165 Å². The maximum absolute atomic E-state index is 14.3. The summed E-state index contributed by atoms with van der Waals surface area (Å²) in [6, 6.07) is 23.3. The number of carbonyl (C=O) groups is 2. The minimum absolute atomic E-state index is 0.0363. The number of rotatable bonds is 13. The van der Waals surface area contributed by atoms with E-state index in [9.17, 15) is 24.8 Å². The number of primary amides is 1. The number of phenols is 1. The SMILES string of the molecule is NC(=O)[C@H](CCC(N)C([As])=N[N+](=O)[O-])N(CCc1ccccc1O)C(=O)C(c1ccccc1)c1ccccc1. The molecule has 3 aromatic carbocycles. The van der Waals surface area contributed by atoms with Crippen molar-refractivity contribution in [3.8, 4) is 5.75 Å². The third kappa shape index (κ3) is 8.23. The summed E-state index contributed by atoms with van der Waals surface area (Å²) in [7, 11) is 0. The van der Waals surface area contributed by atoms with Crippen molar-refractivity contribution in [1.82, 2.24) is 4.90 Å². The van der Waals surface area contributed by atoms with Crippen molar-refractivity contribution in [2.45, 2.75) is 37.3 Å². The van der Waals surface area contributed by atoms with Crippen molar-refractivity contribution >= 4 is 33.2 Å². The van der Waals surface area contributed by atoms with Crippen LogP contribution in [-0.2, 0) is 16.0 Å². The molecule has 0 saturated heterocycles. The van der Waals surface area contributed by atoms with Gasteiger partial charge in [0.1, 0.15) is 0 Å². The minimum atomic E-state index is -1.06. The Labute approximate surface area is 235 Å². The molecule has 5 N–H and O–H groups in total. The van der Waals surface area contributed by atoms with E-state index >= 15 is 0 Å². The van der Waals surface area contributed by atoms with Gasteiger partial charge in [0.05, 0.1) is 0 Å². The average Bonchev–Trinajstić information content (AvgIpc) is 2.92. The summed E-state index contributed by atoms with van der Waals surface area (Å²) >= 11 is 1.96. The molecule has 3 rings (SSSR count). The van der Waals surface area contributed by atoms with Gasteiger partial charge in [0, 0.05) is 0 Å². The number of benzene rings is 3. The first-order valence-corrected chi connectivity index (χ1v) is 13.3. The molecule has 0 aliphatic heterocycles. The molecule has 2 radical (unpaired) electrons. The van der Waals surface area contributed by atoms with Crippen LogP contribution >= 0.6 is 0 Å². The van der Waals surface area contributed by atoms with Crippen molar-refractivity contribution in [2.75, 3.05) is 6.54 Å². The Hall–Kier alpha value is -4.01. The predicted octanol–water partition coefficient (Wildman–Crippen LogP) is 2.32. The van der Waals surface area contributed by atoms with Crippen LogP contribution in [0.1, 0.15) is 35.4 Å². The average molecular weight is 592 g/mol. The molecule has 2 amide bonds. The molecule has 0 aromatic heterocycles. The fourth-order valence-electron chi connectivity index (χ4n) is 4.39. The quantitative estimate of drug-likeness (QED) is 0.119. The zero-order chi connectivity index (χ0) is 28.4. The maximum atomic E-state index is 14.3. The van der Waals surface area contributed by atoms with Crippen LogP contribution in [0.3, 0.4) is 0 Å². The van der Waals surface area contributed by atoms with E-state index < -0.39 is 28.9 Å². The summed E-state index contributed by atoms with van der Waals surface area (Å²) in [5.41, 5.74) is 14.0. The molecule has 0 heterocycles. The number of nitrogens with zero attached hydrogens (tertiary/aromatic N) is 3. The second-order valence-corrected chi connectivity index (χ2v) is 9.92. The van der Waals surface area contributed by atoms with Crippen LogP contribution in [0.2, 0.25) is 0 Å². The van der Waals surface area contributed by atoms with Crippen LogP contribution in [0, 0.1) is 10.1 Å². The van der Waals surface area contributed by atoms with Crippen LogP contribution in [0.4, 0.5) is 0 Å². The first kappa shape index (κ1) is 29.5. The van der Waals surface area contributed by atoms with Crippen LogP contribution in [0.15, 0.2) is 90.0 Å². The van der Waals surface area contributed by atoms with Gasteiger partial charge in [-0.2, -0.15) is 0 Å². The molecule has 0 bridgehead atoms. The summed E-state index contributed by atoms with van der Waals surface area (Å²) < 4.78 is 0.0363. The summed E-state index contributed by atoms with van der Waals surface area (Å²) in [4.78, 5) is 39.3.